The molecule has 0 fully saturated rings. The number of carboxylic acid groups (broad SMARTS) is 1. The zero-order valence-electron chi connectivity index (χ0n) is 11.5. The van der Waals surface area contributed by atoms with Crippen LogP contribution < -0.4 is 4.72 Å². The van der Waals surface area contributed by atoms with Crippen molar-refractivity contribution in [3.63, 3.8) is 0 Å². The number of hydrogen-bond acceptors (Lipinski definition) is 4. The van der Waals surface area contributed by atoms with Crippen molar-refractivity contribution < 1.29 is 23.4 Å². The van der Waals surface area contributed by atoms with Crippen LogP contribution in [0.2, 0.25) is 10.0 Å². The second kappa shape index (κ2) is 6.10. The molecule has 0 saturated heterocycles. The van der Waals surface area contributed by atoms with Gasteiger partial charge in [0.15, 0.2) is 0 Å². The molecule has 0 amide bonds. The summed E-state index contributed by atoms with van der Waals surface area (Å²) in [5.74, 6) is -1.37. The van der Waals surface area contributed by atoms with Crippen molar-refractivity contribution in [1.29, 1.82) is 0 Å². The van der Waals surface area contributed by atoms with Crippen LogP contribution in [0.4, 0.5) is 0 Å². The van der Waals surface area contributed by atoms with Gasteiger partial charge in [-0.05, 0) is 32.9 Å². The Hall–Kier alpha value is -0.860. The Bertz CT molecular complexity index is 670. The maximum Gasteiger partial charge on any atom is 0.337 e. The fourth-order valence-electron chi connectivity index (χ4n) is 1.39. The van der Waals surface area contributed by atoms with Gasteiger partial charge in [-0.2, -0.15) is 0 Å². The Morgan fingerprint density at radius 1 is 1.29 bits per heavy atom. The van der Waals surface area contributed by atoms with E-state index in [0.29, 0.717) is 0 Å². The number of sulfonamides is 1. The zero-order chi connectivity index (χ0) is 16.6. The molecule has 0 saturated carbocycles. The highest BCUT2D eigenvalue weighted by Gasteiger charge is 2.32. The van der Waals surface area contributed by atoms with Gasteiger partial charge in [-0.25, -0.2) is 17.9 Å². The summed E-state index contributed by atoms with van der Waals surface area (Å²) in [5, 5.41) is 18.2. The molecule has 3 N–H and O–H groups in total. The van der Waals surface area contributed by atoms with E-state index in [-0.39, 0.29) is 15.6 Å². The third-order valence-corrected chi connectivity index (χ3v) is 5.43. The Labute approximate surface area is 132 Å². The van der Waals surface area contributed by atoms with Crippen LogP contribution in [0.3, 0.4) is 0 Å². The van der Waals surface area contributed by atoms with Gasteiger partial charge in [-0.1, -0.05) is 23.2 Å². The Kier molecular flexibility index (Phi) is 5.28. The van der Waals surface area contributed by atoms with Crippen LogP contribution in [0.25, 0.3) is 0 Å². The van der Waals surface area contributed by atoms with Gasteiger partial charge in [-0.15, -0.1) is 0 Å². The van der Waals surface area contributed by atoms with Crippen molar-refractivity contribution in [1.82, 2.24) is 4.72 Å². The van der Waals surface area contributed by atoms with E-state index in [2.05, 4.69) is 4.72 Å². The lowest BCUT2D eigenvalue weighted by molar-refractivity contribution is 0.0697. The number of aliphatic hydroxyl groups excluding tert-OH is 1. The Balaban J connectivity index is 3.39. The first-order valence-electron chi connectivity index (χ1n) is 5.83. The molecule has 0 aromatic heterocycles. The number of carboxylic acids is 1. The van der Waals surface area contributed by atoms with E-state index in [9.17, 15) is 18.3 Å². The minimum absolute atomic E-state index is 0.166. The number of hydrogen-bond donors (Lipinski definition) is 3. The lowest BCUT2D eigenvalue weighted by Gasteiger charge is -2.29. The van der Waals surface area contributed by atoms with Crippen LogP contribution in [0, 0.1) is 0 Å². The molecule has 0 aliphatic heterocycles. The van der Waals surface area contributed by atoms with Gasteiger partial charge in [0.1, 0.15) is 4.90 Å². The average molecular weight is 356 g/mol. The number of carbonyl (C=O) groups is 1. The molecule has 1 aromatic rings. The summed E-state index contributed by atoms with van der Waals surface area (Å²) in [6, 6.07) is 1.93. The lowest BCUT2D eigenvalue weighted by Crippen LogP contribution is -2.50. The molecule has 0 bridgehead atoms. The van der Waals surface area contributed by atoms with Gasteiger partial charge >= 0.3 is 5.97 Å². The third kappa shape index (κ3) is 4.08. The number of benzene rings is 1. The third-order valence-electron chi connectivity index (χ3n) is 2.98. The van der Waals surface area contributed by atoms with Crippen LogP contribution in [0.5, 0.6) is 0 Å². The quantitative estimate of drug-likeness (QED) is 0.750. The second-order valence-electron chi connectivity index (χ2n) is 5.07. The summed E-state index contributed by atoms with van der Waals surface area (Å²) in [7, 11) is -4.13. The monoisotopic (exact) mass is 355 g/mol. The summed E-state index contributed by atoms with van der Waals surface area (Å²) in [5.41, 5.74) is -1.54. The molecule has 1 aromatic carbocycles. The maximum atomic E-state index is 12.3. The van der Waals surface area contributed by atoms with Gasteiger partial charge in [0.05, 0.1) is 27.3 Å². The molecular weight excluding hydrogens is 341 g/mol. The molecule has 0 spiro atoms. The first-order chi connectivity index (χ1) is 9.38. The largest absolute Gasteiger partial charge is 0.478 e. The molecule has 118 valence electrons. The molecule has 6 nitrogen and oxygen atoms in total. The predicted octanol–water partition coefficient (Wildman–Crippen LogP) is 2.13. The van der Waals surface area contributed by atoms with E-state index < -0.39 is 32.5 Å². The summed E-state index contributed by atoms with van der Waals surface area (Å²) < 4.78 is 26.9. The predicted molar refractivity (Wildman–Crippen MR) is 79.5 cm³/mol. The van der Waals surface area contributed by atoms with E-state index in [0.717, 1.165) is 12.1 Å². The highest BCUT2D eigenvalue weighted by atomic mass is 35.5. The number of halogens is 2. The van der Waals surface area contributed by atoms with E-state index in [1.807, 2.05) is 0 Å². The molecule has 0 heterocycles. The maximum absolute atomic E-state index is 12.3. The molecule has 1 atom stereocenters. The van der Waals surface area contributed by atoms with Crippen LogP contribution in [-0.4, -0.2) is 36.2 Å². The average Bonchev–Trinajstić information content (AvgIpc) is 2.25. The first-order valence-corrected chi connectivity index (χ1v) is 8.07. The minimum Gasteiger partial charge on any atom is -0.478 e. The summed E-state index contributed by atoms with van der Waals surface area (Å²) in [6.07, 6.45) is -0.975. The summed E-state index contributed by atoms with van der Waals surface area (Å²) >= 11 is 11.5. The Morgan fingerprint density at radius 2 is 1.81 bits per heavy atom. The fraction of sp³-hybridized carbons (Fsp3) is 0.417. The number of aliphatic hydroxyl groups is 1. The summed E-state index contributed by atoms with van der Waals surface area (Å²) in [6.45, 7) is 4.39. The SMILES string of the molecule is CC(O)C(C)(C)NS(=O)(=O)c1cc(C(=O)O)c(Cl)cc1Cl. The van der Waals surface area contributed by atoms with E-state index >= 15 is 0 Å². The van der Waals surface area contributed by atoms with E-state index in [1.54, 1.807) is 0 Å². The standard InChI is InChI=1S/C12H15Cl2NO5S/c1-6(16)12(2,3)15-21(19,20)10-4-7(11(17)18)8(13)5-9(10)14/h4-6,15-16H,1-3H3,(H,17,18). The molecule has 0 radical (unpaired) electrons. The van der Waals surface area contributed by atoms with E-state index in [1.165, 1.54) is 20.8 Å². The highest BCUT2D eigenvalue weighted by Crippen LogP contribution is 2.29. The second-order valence-corrected chi connectivity index (χ2v) is 7.54. The molecule has 21 heavy (non-hydrogen) atoms. The summed E-state index contributed by atoms with van der Waals surface area (Å²) in [4.78, 5) is 10.6. The Morgan fingerprint density at radius 3 is 2.24 bits per heavy atom. The van der Waals surface area contributed by atoms with Crippen molar-refractivity contribution >= 4 is 39.2 Å². The normalized spacial score (nSPS) is 14.0. The first kappa shape index (κ1) is 18.2. The zero-order valence-corrected chi connectivity index (χ0v) is 13.8. The van der Waals surface area contributed by atoms with Crippen LogP contribution in [0.15, 0.2) is 17.0 Å². The van der Waals surface area contributed by atoms with Crippen molar-refractivity contribution in [2.45, 2.75) is 37.3 Å². The smallest absolute Gasteiger partial charge is 0.337 e. The minimum atomic E-state index is -4.13. The van der Waals surface area contributed by atoms with Gasteiger partial charge in [0, 0.05) is 0 Å². The molecular formula is C12H15Cl2NO5S. The van der Waals surface area contributed by atoms with Crippen molar-refractivity contribution in [3.8, 4) is 0 Å². The molecule has 9 heteroatoms. The lowest BCUT2D eigenvalue weighted by atomic mass is 10.0. The van der Waals surface area contributed by atoms with Gasteiger partial charge < -0.3 is 10.2 Å². The molecule has 1 rings (SSSR count). The van der Waals surface area contributed by atoms with Gasteiger partial charge in [-0.3, -0.25) is 0 Å². The highest BCUT2D eigenvalue weighted by molar-refractivity contribution is 7.89. The van der Waals surface area contributed by atoms with Crippen LogP contribution >= 0.6 is 23.2 Å². The molecule has 1 unspecified atom stereocenters. The molecule has 0 aliphatic carbocycles. The topological polar surface area (TPSA) is 104 Å². The number of rotatable bonds is 5. The van der Waals surface area contributed by atoms with Crippen LogP contribution in [-0.2, 0) is 10.0 Å². The van der Waals surface area contributed by atoms with Gasteiger partial charge in [0.2, 0.25) is 10.0 Å². The number of nitrogens with one attached hydrogen (secondary N) is 1. The van der Waals surface area contributed by atoms with Crippen molar-refractivity contribution in [2.75, 3.05) is 0 Å². The van der Waals surface area contributed by atoms with Crippen molar-refractivity contribution in [2.24, 2.45) is 0 Å². The van der Waals surface area contributed by atoms with Crippen molar-refractivity contribution in [3.05, 3.63) is 27.7 Å². The number of aromatic carboxylic acids is 1. The van der Waals surface area contributed by atoms with E-state index in [4.69, 9.17) is 28.3 Å². The van der Waals surface area contributed by atoms with Crippen LogP contribution in [0.1, 0.15) is 31.1 Å². The molecule has 0 aliphatic rings. The fourth-order valence-corrected chi connectivity index (χ4v) is 3.72. The van der Waals surface area contributed by atoms with Gasteiger partial charge in [0.25, 0.3) is 0 Å².